The summed E-state index contributed by atoms with van der Waals surface area (Å²) >= 11 is 0. The summed E-state index contributed by atoms with van der Waals surface area (Å²) in [6.07, 6.45) is 1.39. The molecular weight excluding hydrogens is 235 g/mol. The van der Waals surface area contributed by atoms with Gasteiger partial charge < -0.3 is 10.5 Å². The lowest BCUT2D eigenvalue weighted by Crippen LogP contribution is -2.12. The SMILES string of the molecule is CCCCOC(=O)c1cc(F)c(F)c(N)c1F. The number of benzene rings is 1. The average molecular weight is 247 g/mol. The number of esters is 1. The van der Waals surface area contributed by atoms with Crippen molar-refractivity contribution < 1.29 is 22.7 Å². The lowest BCUT2D eigenvalue weighted by molar-refractivity contribution is 0.0494. The molecule has 0 aliphatic carbocycles. The summed E-state index contributed by atoms with van der Waals surface area (Å²) in [6, 6.07) is 0.440. The van der Waals surface area contributed by atoms with Gasteiger partial charge in [0, 0.05) is 0 Å². The first-order chi connectivity index (χ1) is 7.99. The van der Waals surface area contributed by atoms with Gasteiger partial charge >= 0.3 is 5.97 Å². The Balaban J connectivity index is 2.94. The zero-order chi connectivity index (χ0) is 13.0. The molecule has 0 unspecified atom stereocenters. The van der Waals surface area contributed by atoms with Crippen LogP contribution in [0, 0.1) is 17.5 Å². The second-order valence-corrected chi connectivity index (χ2v) is 3.44. The standard InChI is InChI=1S/C11H12F3NO2/c1-2-3-4-17-11(16)6-5-7(12)9(14)10(15)8(6)13/h5H,2-4,15H2,1H3. The number of halogens is 3. The van der Waals surface area contributed by atoms with E-state index in [1.54, 1.807) is 0 Å². The minimum Gasteiger partial charge on any atom is -0.462 e. The average Bonchev–Trinajstić information content (AvgIpc) is 2.31. The Bertz CT molecular complexity index is 435. The van der Waals surface area contributed by atoms with Crippen molar-refractivity contribution in [2.24, 2.45) is 0 Å². The maximum atomic E-state index is 13.4. The molecule has 1 rings (SSSR count). The van der Waals surface area contributed by atoms with E-state index in [4.69, 9.17) is 5.73 Å². The molecule has 0 aliphatic rings. The monoisotopic (exact) mass is 247 g/mol. The summed E-state index contributed by atoms with van der Waals surface area (Å²) in [5, 5.41) is 0. The summed E-state index contributed by atoms with van der Waals surface area (Å²) in [6.45, 7) is 1.97. The van der Waals surface area contributed by atoms with Crippen LogP contribution in [0.4, 0.5) is 18.9 Å². The zero-order valence-corrected chi connectivity index (χ0v) is 9.23. The molecule has 94 valence electrons. The van der Waals surface area contributed by atoms with Crippen LogP contribution in [0.2, 0.25) is 0 Å². The maximum Gasteiger partial charge on any atom is 0.341 e. The normalized spacial score (nSPS) is 10.4. The molecule has 0 atom stereocenters. The van der Waals surface area contributed by atoms with Crippen molar-refractivity contribution in [2.45, 2.75) is 19.8 Å². The third-order valence-corrected chi connectivity index (χ3v) is 2.14. The van der Waals surface area contributed by atoms with Crippen molar-refractivity contribution in [1.29, 1.82) is 0 Å². The first-order valence-electron chi connectivity index (χ1n) is 5.09. The molecule has 0 aromatic heterocycles. The highest BCUT2D eigenvalue weighted by Gasteiger charge is 2.21. The minimum absolute atomic E-state index is 0.0909. The Kier molecular flexibility index (Phi) is 4.37. The first-order valence-corrected chi connectivity index (χ1v) is 5.09. The van der Waals surface area contributed by atoms with Crippen LogP contribution in [0.3, 0.4) is 0 Å². The van der Waals surface area contributed by atoms with E-state index in [0.29, 0.717) is 12.5 Å². The number of hydrogen-bond donors (Lipinski definition) is 1. The van der Waals surface area contributed by atoms with E-state index in [1.165, 1.54) is 0 Å². The van der Waals surface area contributed by atoms with Crippen LogP contribution >= 0.6 is 0 Å². The number of nitrogens with two attached hydrogens (primary N) is 1. The summed E-state index contributed by atoms with van der Waals surface area (Å²) in [5.41, 5.74) is 3.26. The first kappa shape index (κ1) is 13.3. The van der Waals surface area contributed by atoms with Gasteiger partial charge in [-0.2, -0.15) is 0 Å². The number of ether oxygens (including phenoxy) is 1. The molecule has 0 amide bonds. The minimum atomic E-state index is -1.51. The number of rotatable bonds is 4. The lowest BCUT2D eigenvalue weighted by atomic mass is 10.1. The highest BCUT2D eigenvalue weighted by Crippen LogP contribution is 2.22. The Morgan fingerprint density at radius 1 is 1.35 bits per heavy atom. The topological polar surface area (TPSA) is 52.3 Å². The van der Waals surface area contributed by atoms with Crippen LogP contribution < -0.4 is 5.73 Å². The Labute approximate surface area is 96.4 Å². The van der Waals surface area contributed by atoms with E-state index in [-0.39, 0.29) is 6.61 Å². The number of carbonyl (C=O) groups excluding carboxylic acids is 1. The van der Waals surface area contributed by atoms with Gasteiger partial charge in [-0.15, -0.1) is 0 Å². The molecule has 1 aromatic carbocycles. The fourth-order valence-electron chi connectivity index (χ4n) is 1.16. The molecule has 2 N–H and O–H groups in total. The molecule has 0 spiro atoms. The van der Waals surface area contributed by atoms with Gasteiger partial charge in [-0.1, -0.05) is 13.3 Å². The highest BCUT2D eigenvalue weighted by molar-refractivity contribution is 5.90. The van der Waals surface area contributed by atoms with E-state index in [9.17, 15) is 18.0 Å². The van der Waals surface area contributed by atoms with Crippen LogP contribution in [-0.4, -0.2) is 12.6 Å². The molecule has 0 radical (unpaired) electrons. The van der Waals surface area contributed by atoms with Crippen molar-refractivity contribution in [1.82, 2.24) is 0 Å². The second kappa shape index (κ2) is 5.56. The molecule has 0 saturated heterocycles. The van der Waals surface area contributed by atoms with Gasteiger partial charge in [0.15, 0.2) is 17.5 Å². The number of nitrogen functional groups attached to an aromatic ring is 1. The van der Waals surface area contributed by atoms with Gasteiger partial charge in [-0.25, -0.2) is 18.0 Å². The molecule has 1 aromatic rings. The largest absolute Gasteiger partial charge is 0.462 e. The van der Waals surface area contributed by atoms with Crippen LogP contribution in [0.1, 0.15) is 30.1 Å². The Hall–Kier alpha value is -1.72. The van der Waals surface area contributed by atoms with Gasteiger partial charge in [-0.3, -0.25) is 0 Å². The lowest BCUT2D eigenvalue weighted by Gasteiger charge is -2.07. The predicted molar refractivity (Wildman–Crippen MR) is 55.9 cm³/mol. The number of hydrogen-bond acceptors (Lipinski definition) is 3. The van der Waals surface area contributed by atoms with Crippen molar-refractivity contribution >= 4 is 11.7 Å². The third-order valence-electron chi connectivity index (χ3n) is 2.14. The van der Waals surface area contributed by atoms with Crippen molar-refractivity contribution in [3.05, 3.63) is 29.1 Å². The second-order valence-electron chi connectivity index (χ2n) is 3.44. The fraction of sp³-hybridized carbons (Fsp3) is 0.364. The fourth-order valence-corrected chi connectivity index (χ4v) is 1.16. The van der Waals surface area contributed by atoms with Gasteiger partial charge in [0.05, 0.1) is 6.61 Å². The number of carbonyl (C=O) groups is 1. The molecule has 0 bridgehead atoms. The third kappa shape index (κ3) is 2.89. The van der Waals surface area contributed by atoms with Crippen LogP contribution in [-0.2, 0) is 4.74 Å². The number of anilines is 1. The van der Waals surface area contributed by atoms with E-state index in [1.807, 2.05) is 6.92 Å². The predicted octanol–water partition coefficient (Wildman–Crippen LogP) is 2.64. The quantitative estimate of drug-likeness (QED) is 0.385. The summed E-state index contributed by atoms with van der Waals surface area (Å²) in [4.78, 5) is 11.3. The van der Waals surface area contributed by atoms with Crippen LogP contribution in [0.25, 0.3) is 0 Å². The van der Waals surface area contributed by atoms with Crippen molar-refractivity contribution in [3.63, 3.8) is 0 Å². The molecule has 6 heteroatoms. The number of unbranched alkanes of at least 4 members (excludes halogenated alkanes) is 1. The molecule has 17 heavy (non-hydrogen) atoms. The molecule has 0 aliphatic heterocycles. The van der Waals surface area contributed by atoms with Gasteiger partial charge in [-0.05, 0) is 12.5 Å². The van der Waals surface area contributed by atoms with Gasteiger partial charge in [0.1, 0.15) is 11.3 Å². The maximum absolute atomic E-state index is 13.4. The van der Waals surface area contributed by atoms with Crippen molar-refractivity contribution in [3.8, 4) is 0 Å². The van der Waals surface area contributed by atoms with E-state index in [2.05, 4.69) is 4.74 Å². The van der Waals surface area contributed by atoms with E-state index < -0.39 is 34.7 Å². The molecule has 0 heterocycles. The van der Waals surface area contributed by atoms with Crippen molar-refractivity contribution in [2.75, 3.05) is 12.3 Å². The zero-order valence-electron chi connectivity index (χ0n) is 9.23. The molecular formula is C11H12F3NO2. The van der Waals surface area contributed by atoms with Gasteiger partial charge in [0.25, 0.3) is 0 Å². The molecule has 0 fully saturated rings. The highest BCUT2D eigenvalue weighted by atomic mass is 19.2. The van der Waals surface area contributed by atoms with E-state index >= 15 is 0 Å². The van der Waals surface area contributed by atoms with Gasteiger partial charge in [0.2, 0.25) is 0 Å². The molecule has 3 nitrogen and oxygen atoms in total. The summed E-state index contributed by atoms with van der Waals surface area (Å²) in [7, 11) is 0. The smallest absolute Gasteiger partial charge is 0.341 e. The van der Waals surface area contributed by atoms with Crippen LogP contribution in [0.15, 0.2) is 6.07 Å². The summed E-state index contributed by atoms with van der Waals surface area (Å²) in [5.74, 6) is -5.24. The van der Waals surface area contributed by atoms with E-state index in [0.717, 1.165) is 6.42 Å². The Morgan fingerprint density at radius 2 is 2.00 bits per heavy atom. The summed E-state index contributed by atoms with van der Waals surface area (Å²) < 4.78 is 43.8. The van der Waals surface area contributed by atoms with Crippen LogP contribution in [0.5, 0.6) is 0 Å². The molecule has 0 saturated carbocycles. The Morgan fingerprint density at radius 3 is 2.59 bits per heavy atom.